The van der Waals surface area contributed by atoms with E-state index in [0.717, 1.165) is 11.3 Å². The van der Waals surface area contributed by atoms with Gasteiger partial charge >= 0.3 is 11.9 Å². The number of methoxy groups -OCH3 is 2. The van der Waals surface area contributed by atoms with Crippen LogP contribution in [0.2, 0.25) is 5.02 Å². The van der Waals surface area contributed by atoms with Gasteiger partial charge in [-0.1, -0.05) is 22.9 Å². The summed E-state index contributed by atoms with van der Waals surface area (Å²) < 4.78 is 17.1. The molecule has 1 atom stereocenters. The third-order valence-corrected chi connectivity index (χ3v) is 6.20. The molecule has 4 rings (SSSR count). The molecule has 0 radical (unpaired) electrons. The number of rotatable bonds is 5. The lowest BCUT2D eigenvalue weighted by molar-refractivity contribution is -0.402. The molecule has 1 aromatic carbocycles. The number of fused-ring (bicyclic) bond motifs is 1. The summed E-state index contributed by atoms with van der Waals surface area (Å²) in [6.07, 6.45) is 1.39. The molecule has 12 heteroatoms. The predicted molar refractivity (Wildman–Crippen MR) is 119 cm³/mol. The van der Waals surface area contributed by atoms with Crippen LogP contribution in [0.1, 0.15) is 24.3 Å². The van der Waals surface area contributed by atoms with E-state index in [1.807, 2.05) is 0 Å². The Hall–Kier alpha value is -3.70. The van der Waals surface area contributed by atoms with Crippen LogP contribution in [0.3, 0.4) is 0 Å². The number of carbonyl (C=O) groups is 1. The van der Waals surface area contributed by atoms with Crippen molar-refractivity contribution in [2.75, 3.05) is 14.2 Å². The maximum atomic E-state index is 13.4. The van der Waals surface area contributed by atoms with Gasteiger partial charge < -0.3 is 13.9 Å². The zero-order chi connectivity index (χ0) is 23.9. The fourth-order valence-electron chi connectivity index (χ4n) is 3.55. The van der Waals surface area contributed by atoms with Crippen molar-refractivity contribution in [3.63, 3.8) is 0 Å². The van der Waals surface area contributed by atoms with Crippen molar-refractivity contribution >= 4 is 40.9 Å². The SMILES string of the molecule is COC(=O)C1=C(C)N=c2sc(=Cc3ccc([N+](=O)[O-])o3)c(=O)n2C1c1cc(Cl)ccc1OC. The second-order valence-corrected chi connectivity index (χ2v) is 8.34. The minimum Gasteiger partial charge on any atom is -0.496 e. The second kappa shape index (κ2) is 8.68. The van der Waals surface area contributed by atoms with Crippen molar-refractivity contribution in [1.29, 1.82) is 0 Å². The number of nitro groups is 1. The lowest BCUT2D eigenvalue weighted by Gasteiger charge is -2.25. The number of halogens is 1. The first-order valence-corrected chi connectivity index (χ1v) is 10.6. The average molecular weight is 490 g/mol. The van der Waals surface area contributed by atoms with E-state index >= 15 is 0 Å². The van der Waals surface area contributed by atoms with Gasteiger partial charge in [0, 0.05) is 16.7 Å². The molecule has 33 heavy (non-hydrogen) atoms. The third kappa shape index (κ3) is 3.96. The van der Waals surface area contributed by atoms with E-state index in [2.05, 4.69) is 4.99 Å². The maximum Gasteiger partial charge on any atom is 0.433 e. The Morgan fingerprint density at radius 1 is 1.33 bits per heavy atom. The van der Waals surface area contributed by atoms with E-state index in [4.69, 9.17) is 25.5 Å². The molecule has 3 heterocycles. The van der Waals surface area contributed by atoms with Crippen molar-refractivity contribution in [3.05, 3.63) is 87.8 Å². The highest BCUT2D eigenvalue weighted by atomic mass is 35.5. The van der Waals surface area contributed by atoms with Crippen LogP contribution in [0.5, 0.6) is 5.75 Å². The molecule has 0 fully saturated rings. The number of hydrogen-bond donors (Lipinski definition) is 0. The zero-order valence-corrected chi connectivity index (χ0v) is 19.1. The van der Waals surface area contributed by atoms with Gasteiger partial charge in [0.15, 0.2) is 4.80 Å². The van der Waals surface area contributed by atoms with Crippen molar-refractivity contribution in [2.24, 2.45) is 4.99 Å². The van der Waals surface area contributed by atoms with Crippen molar-refractivity contribution < 1.29 is 23.6 Å². The number of furan rings is 1. The quantitative estimate of drug-likeness (QED) is 0.306. The molecule has 0 bridgehead atoms. The van der Waals surface area contributed by atoms with Gasteiger partial charge in [0.25, 0.3) is 5.56 Å². The fourth-order valence-corrected chi connectivity index (χ4v) is 4.76. The number of carbonyl (C=O) groups excluding carboxylic acids is 1. The lowest BCUT2D eigenvalue weighted by atomic mass is 9.95. The van der Waals surface area contributed by atoms with E-state index in [1.54, 1.807) is 25.1 Å². The molecule has 0 amide bonds. The molecule has 1 unspecified atom stereocenters. The Bertz CT molecular complexity index is 1500. The number of ether oxygens (including phenoxy) is 2. The molecule has 1 aliphatic rings. The molecular formula is C21H16ClN3O7S. The van der Waals surface area contributed by atoms with Gasteiger partial charge in [-0.05, 0) is 31.2 Å². The fraction of sp³-hybridized carbons (Fsp3) is 0.190. The minimum absolute atomic E-state index is 0.132. The monoisotopic (exact) mass is 489 g/mol. The van der Waals surface area contributed by atoms with Gasteiger partial charge in [-0.15, -0.1) is 0 Å². The largest absolute Gasteiger partial charge is 0.496 e. The van der Waals surface area contributed by atoms with Crippen LogP contribution in [-0.4, -0.2) is 29.7 Å². The summed E-state index contributed by atoms with van der Waals surface area (Å²) in [6.45, 7) is 1.64. The Labute approximate surface area is 194 Å². The first kappa shape index (κ1) is 22.5. The van der Waals surface area contributed by atoms with Crippen LogP contribution in [0, 0.1) is 10.1 Å². The van der Waals surface area contributed by atoms with Gasteiger partial charge in [0.05, 0.1) is 36.1 Å². The molecule has 2 aromatic heterocycles. The van der Waals surface area contributed by atoms with Gasteiger partial charge in [-0.3, -0.25) is 19.5 Å². The summed E-state index contributed by atoms with van der Waals surface area (Å²) in [5.74, 6) is -0.553. The minimum atomic E-state index is -0.921. The standard InChI is InChI=1S/C21H16ClN3O7S/c1-10-17(20(27)31-3)18(13-8-11(22)4-6-14(13)30-2)24-19(26)15(33-21(24)23-10)9-12-5-7-16(32-12)25(28)29/h4-9,18H,1-3H3. The smallest absolute Gasteiger partial charge is 0.433 e. The van der Waals surface area contributed by atoms with Crippen molar-refractivity contribution in [1.82, 2.24) is 4.57 Å². The molecule has 3 aromatic rings. The number of esters is 1. The maximum absolute atomic E-state index is 13.4. The Balaban J connectivity index is 2.00. The van der Waals surface area contributed by atoms with E-state index in [-0.39, 0.29) is 15.9 Å². The molecule has 1 aliphatic heterocycles. The highest BCUT2D eigenvalue weighted by Crippen LogP contribution is 2.37. The van der Waals surface area contributed by atoms with Crippen LogP contribution >= 0.6 is 22.9 Å². The first-order valence-electron chi connectivity index (χ1n) is 9.43. The summed E-state index contributed by atoms with van der Waals surface area (Å²) in [5.41, 5.74) is 0.528. The number of allylic oxidation sites excluding steroid dienone is 1. The number of thiazole rings is 1. The second-order valence-electron chi connectivity index (χ2n) is 6.89. The molecule has 10 nitrogen and oxygen atoms in total. The Kier molecular flexibility index (Phi) is 5.91. The molecule has 170 valence electrons. The Morgan fingerprint density at radius 2 is 2.09 bits per heavy atom. The van der Waals surface area contributed by atoms with Crippen LogP contribution in [0.15, 0.2) is 55.8 Å². The highest BCUT2D eigenvalue weighted by Gasteiger charge is 2.35. The number of aromatic nitrogens is 1. The topological polar surface area (TPSA) is 126 Å². The van der Waals surface area contributed by atoms with Gasteiger partial charge in [0.2, 0.25) is 0 Å². The molecule has 0 N–H and O–H groups in total. The molecule has 0 saturated heterocycles. The highest BCUT2D eigenvalue weighted by molar-refractivity contribution is 7.07. The normalized spacial score (nSPS) is 15.8. The summed E-state index contributed by atoms with van der Waals surface area (Å²) in [7, 11) is 2.71. The van der Waals surface area contributed by atoms with Gasteiger partial charge in [-0.2, -0.15) is 0 Å². The predicted octanol–water partition coefficient (Wildman–Crippen LogP) is 2.57. The van der Waals surface area contributed by atoms with Crippen LogP contribution in [0.4, 0.5) is 5.88 Å². The van der Waals surface area contributed by atoms with E-state index < -0.39 is 28.4 Å². The van der Waals surface area contributed by atoms with Gasteiger partial charge in [0.1, 0.15) is 22.5 Å². The number of nitrogens with zero attached hydrogens (tertiary/aromatic N) is 3. The van der Waals surface area contributed by atoms with E-state index in [0.29, 0.717) is 26.8 Å². The summed E-state index contributed by atoms with van der Waals surface area (Å²) in [4.78, 5) is 41.1. The van der Waals surface area contributed by atoms with E-state index in [1.165, 1.54) is 37.0 Å². The first-order chi connectivity index (χ1) is 15.7. The summed E-state index contributed by atoms with van der Waals surface area (Å²) >= 11 is 7.28. The number of benzene rings is 1. The van der Waals surface area contributed by atoms with Crippen LogP contribution < -0.4 is 19.6 Å². The zero-order valence-electron chi connectivity index (χ0n) is 17.5. The van der Waals surface area contributed by atoms with E-state index in [9.17, 15) is 19.7 Å². The van der Waals surface area contributed by atoms with Gasteiger partial charge in [-0.25, -0.2) is 9.79 Å². The number of hydrogen-bond acceptors (Lipinski definition) is 9. The molecular weight excluding hydrogens is 474 g/mol. The van der Waals surface area contributed by atoms with Crippen molar-refractivity contribution in [3.8, 4) is 5.75 Å². The molecule has 0 spiro atoms. The molecule has 0 aliphatic carbocycles. The molecule has 0 saturated carbocycles. The third-order valence-electron chi connectivity index (χ3n) is 4.98. The van der Waals surface area contributed by atoms with Crippen LogP contribution in [-0.2, 0) is 9.53 Å². The summed E-state index contributed by atoms with van der Waals surface area (Å²) in [6, 6.07) is 6.54. The Morgan fingerprint density at radius 3 is 2.73 bits per heavy atom. The van der Waals surface area contributed by atoms with Crippen molar-refractivity contribution in [2.45, 2.75) is 13.0 Å². The lowest BCUT2D eigenvalue weighted by Crippen LogP contribution is -2.40. The average Bonchev–Trinajstić information content (AvgIpc) is 3.37. The van der Waals surface area contributed by atoms with Crippen LogP contribution in [0.25, 0.3) is 6.08 Å². The summed E-state index contributed by atoms with van der Waals surface area (Å²) in [5, 5.41) is 11.3.